The molecule has 3 aromatic rings. The number of hydrogen-bond donors (Lipinski definition) is 1. The maximum atomic E-state index is 12.9. The van der Waals surface area contributed by atoms with E-state index < -0.39 is 0 Å². The van der Waals surface area contributed by atoms with Crippen molar-refractivity contribution in [1.82, 2.24) is 20.0 Å². The Kier molecular flexibility index (Phi) is 6.18. The lowest BCUT2D eigenvalue weighted by molar-refractivity contribution is 0.189. The van der Waals surface area contributed by atoms with Crippen LogP contribution in [-0.2, 0) is 6.54 Å². The van der Waals surface area contributed by atoms with Gasteiger partial charge in [-0.1, -0.05) is 29.8 Å². The van der Waals surface area contributed by atoms with Gasteiger partial charge in [-0.05, 0) is 70.0 Å². The van der Waals surface area contributed by atoms with Crippen LogP contribution in [0.4, 0.5) is 4.79 Å². The number of hydrogen-bond acceptors (Lipinski definition) is 3. The van der Waals surface area contributed by atoms with Crippen molar-refractivity contribution >= 4 is 17.6 Å². The van der Waals surface area contributed by atoms with E-state index in [0.29, 0.717) is 23.2 Å². The van der Waals surface area contributed by atoms with Crippen LogP contribution < -0.4 is 10.1 Å². The monoisotopic (exact) mass is 438 g/mol. The summed E-state index contributed by atoms with van der Waals surface area (Å²) in [4.78, 5) is 14.8. The van der Waals surface area contributed by atoms with Crippen LogP contribution in [-0.4, -0.2) is 32.8 Å². The van der Waals surface area contributed by atoms with Crippen molar-refractivity contribution < 1.29 is 9.53 Å². The third-order valence-electron chi connectivity index (χ3n) is 5.16. The van der Waals surface area contributed by atoms with Gasteiger partial charge in [0.2, 0.25) is 5.88 Å². The molecular formula is C24H27ClN4O2. The van der Waals surface area contributed by atoms with Gasteiger partial charge < -0.3 is 15.0 Å². The molecule has 31 heavy (non-hydrogen) atoms. The number of carbonyl (C=O) groups excluding carboxylic acids is 1. The molecule has 0 bridgehead atoms. The fourth-order valence-corrected chi connectivity index (χ4v) is 3.56. The number of benzene rings is 2. The topological polar surface area (TPSA) is 59.4 Å². The first kappa shape index (κ1) is 21.2. The number of rotatable bonds is 7. The minimum absolute atomic E-state index is 0.0539. The Morgan fingerprint density at radius 3 is 2.48 bits per heavy atom. The molecule has 1 saturated carbocycles. The largest absolute Gasteiger partial charge is 0.439 e. The Balaban J connectivity index is 1.73. The molecule has 4 rings (SSSR count). The van der Waals surface area contributed by atoms with E-state index in [4.69, 9.17) is 21.4 Å². The Morgan fingerprint density at radius 1 is 1.19 bits per heavy atom. The normalized spacial score (nSPS) is 13.3. The van der Waals surface area contributed by atoms with Gasteiger partial charge in [-0.25, -0.2) is 9.48 Å². The number of para-hydroxylation sites is 1. The van der Waals surface area contributed by atoms with Crippen molar-refractivity contribution in [3.63, 3.8) is 0 Å². The zero-order valence-electron chi connectivity index (χ0n) is 18.0. The Labute approximate surface area is 187 Å². The molecule has 7 heteroatoms. The van der Waals surface area contributed by atoms with E-state index in [1.54, 1.807) is 4.68 Å². The number of urea groups is 1. The van der Waals surface area contributed by atoms with E-state index in [2.05, 4.69) is 5.32 Å². The van der Waals surface area contributed by atoms with Gasteiger partial charge in [0.25, 0.3) is 0 Å². The predicted molar refractivity (Wildman–Crippen MR) is 122 cm³/mol. The van der Waals surface area contributed by atoms with E-state index in [9.17, 15) is 4.79 Å². The number of aryl methyl sites for hydroxylation is 1. The van der Waals surface area contributed by atoms with Crippen LogP contribution in [0.15, 0.2) is 54.6 Å². The number of ether oxygens (including phenoxy) is 1. The van der Waals surface area contributed by atoms with Gasteiger partial charge in [0.1, 0.15) is 5.75 Å². The predicted octanol–water partition coefficient (Wildman–Crippen LogP) is 5.71. The van der Waals surface area contributed by atoms with Crippen LogP contribution in [0.3, 0.4) is 0 Å². The van der Waals surface area contributed by atoms with Gasteiger partial charge in [0.15, 0.2) is 0 Å². The summed E-state index contributed by atoms with van der Waals surface area (Å²) in [5.74, 6) is 1.32. The molecule has 162 valence electrons. The van der Waals surface area contributed by atoms with Gasteiger partial charge >= 0.3 is 6.03 Å². The molecule has 0 radical (unpaired) electrons. The van der Waals surface area contributed by atoms with Crippen molar-refractivity contribution in [2.45, 2.75) is 52.2 Å². The molecule has 1 fully saturated rings. The van der Waals surface area contributed by atoms with E-state index in [1.165, 1.54) is 0 Å². The molecule has 1 aromatic heterocycles. The highest BCUT2D eigenvalue weighted by Crippen LogP contribution is 2.35. The number of nitrogens with one attached hydrogen (secondary N) is 1. The van der Waals surface area contributed by atoms with E-state index in [1.807, 2.05) is 80.3 Å². The van der Waals surface area contributed by atoms with Crippen LogP contribution in [0.1, 0.15) is 37.9 Å². The summed E-state index contributed by atoms with van der Waals surface area (Å²) in [7, 11) is 0. The summed E-state index contributed by atoms with van der Waals surface area (Å²) in [5.41, 5.74) is 2.56. The number of halogens is 1. The molecule has 2 amide bonds. The molecule has 6 nitrogen and oxygen atoms in total. The molecule has 0 spiro atoms. The summed E-state index contributed by atoms with van der Waals surface area (Å²) >= 11 is 6.08. The first-order valence-corrected chi connectivity index (χ1v) is 10.9. The summed E-state index contributed by atoms with van der Waals surface area (Å²) in [6.07, 6.45) is 2.04. The Hall–Kier alpha value is -2.99. The number of amides is 2. The molecular weight excluding hydrogens is 412 g/mol. The molecule has 1 aliphatic rings. The molecule has 0 saturated heterocycles. The van der Waals surface area contributed by atoms with Crippen LogP contribution in [0.2, 0.25) is 5.02 Å². The lowest BCUT2D eigenvalue weighted by Gasteiger charge is -2.24. The van der Waals surface area contributed by atoms with Crippen LogP contribution in [0, 0.1) is 6.92 Å². The lowest BCUT2D eigenvalue weighted by atomic mass is 10.2. The highest BCUT2D eigenvalue weighted by Gasteiger charge is 2.35. The summed E-state index contributed by atoms with van der Waals surface area (Å²) in [5, 5.41) is 8.43. The maximum Gasteiger partial charge on any atom is 0.318 e. The summed E-state index contributed by atoms with van der Waals surface area (Å²) in [6.45, 7) is 6.32. The smallest absolute Gasteiger partial charge is 0.318 e. The third kappa shape index (κ3) is 5.02. The van der Waals surface area contributed by atoms with Crippen LogP contribution >= 0.6 is 11.6 Å². The van der Waals surface area contributed by atoms with E-state index >= 15 is 0 Å². The lowest BCUT2D eigenvalue weighted by Crippen LogP contribution is -2.43. The SMILES string of the molecule is Cc1nn(-c2ccc(Cl)cc2)c(Oc2ccccc2)c1CN(C(=O)NC(C)C)C1CC1. The zero-order valence-corrected chi connectivity index (χ0v) is 18.8. The molecule has 0 unspecified atom stereocenters. The average Bonchev–Trinajstić information content (AvgIpc) is 3.53. The highest BCUT2D eigenvalue weighted by molar-refractivity contribution is 6.30. The summed E-state index contributed by atoms with van der Waals surface area (Å²) < 4.78 is 8.09. The van der Waals surface area contributed by atoms with Crippen LogP contribution in [0.5, 0.6) is 11.6 Å². The molecule has 1 heterocycles. The van der Waals surface area contributed by atoms with Gasteiger partial charge in [-0.15, -0.1) is 0 Å². The summed E-state index contributed by atoms with van der Waals surface area (Å²) in [6, 6.07) is 17.3. The number of carbonyl (C=O) groups is 1. The molecule has 0 aliphatic heterocycles. The van der Waals surface area contributed by atoms with Gasteiger partial charge in [-0.3, -0.25) is 0 Å². The van der Waals surface area contributed by atoms with Crippen molar-refractivity contribution in [1.29, 1.82) is 0 Å². The second-order valence-corrected chi connectivity index (χ2v) is 8.57. The van der Waals surface area contributed by atoms with Gasteiger partial charge in [0, 0.05) is 17.1 Å². The Bertz CT molecular complexity index is 1040. The first-order chi connectivity index (χ1) is 14.9. The quantitative estimate of drug-likeness (QED) is 0.514. The second kappa shape index (κ2) is 9.02. The minimum Gasteiger partial charge on any atom is -0.439 e. The van der Waals surface area contributed by atoms with E-state index in [-0.39, 0.29) is 18.1 Å². The minimum atomic E-state index is -0.0539. The van der Waals surface area contributed by atoms with Gasteiger partial charge in [0.05, 0.1) is 23.5 Å². The second-order valence-electron chi connectivity index (χ2n) is 8.14. The van der Waals surface area contributed by atoms with E-state index in [0.717, 1.165) is 29.8 Å². The Morgan fingerprint density at radius 2 is 1.87 bits per heavy atom. The number of nitrogens with zero attached hydrogens (tertiary/aromatic N) is 3. The standard InChI is InChI=1S/C24H27ClN4O2/c1-16(2)26-24(30)28(19-13-14-19)15-22-17(3)27-29(20-11-9-18(25)10-12-20)23(22)31-21-7-5-4-6-8-21/h4-12,16,19H,13-15H2,1-3H3,(H,26,30). The van der Waals surface area contributed by atoms with Crippen molar-refractivity contribution in [2.75, 3.05) is 0 Å². The molecule has 1 aliphatic carbocycles. The molecule has 0 atom stereocenters. The average molecular weight is 439 g/mol. The zero-order chi connectivity index (χ0) is 22.0. The highest BCUT2D eigenvalue weighted by atomic mass is 35.5. The van der Waals surface area contributed by atoms with Gasteiger partial charge in [-0.2, -0.15) is 5.10 Å². The molecule has 2 aromatic carbocycles. The molecule has 1 N–H and O–H groups in total. The van der Waals surface area contributed by atoms with Crippen molar-refractivity contribution in [2.24, 2.45) is 0 Å². The fraction of sp³-hybridized carbons (Fsp3) is 0.333. The third-order valence-corrected chi connectivity index (χ3v) is 5.41. The number of aromatic nitrogens is 2. The first-order valence-electron chi connectivity index (χ1n) is 10.6. The fourth-order valence-electron chi connectivity index (χ4n) is 3.44. The van der Waals surface area contributed by atoms with Crippen molar-refractivity contribution in [3.8, 4) is 17.3 Å². The van der Waals surface area contributed by atoms with Crippen LogP contribution in [0.25, 0.3) is 5.69 Å². The maximum absolute atomic E-state index is 12.9. The van der Waals surface area contributed by atoms with Crippen molar-refractivity contribution in [3.05, 3.63) is 70.9 Å².